The molecule has 0 aromatic heterocycles. The van der Waals surface area contributed by atoms with Crippen LogP contribution in [-0.2, 0) is 0 Å². The van der Waals surface area contributed by atoms with Crippen LogP contribution in [0.1, 0.15) is 53.4 Å². The van der Waals surface area contributed by atoms with E-state index in [0.717, 1.165) is 5.92 Å². The zero-order valence-corrected chi connectivity index (χ0v) is 9.98. The highest BCUT2D eigenvalue weighted by Crippen LogP contribution is 2.46. The van der Waals surface area contributed by atoms with Gasteiger partial charge >= 0.3 is 0 Å². The molecule has 0 spiro atoms. The lowest BCUT2D eigenvalue weighted by Gasteiger charge is -2.17. The van der Waals surface area contributed by atoms with Gasteiger partial charge in [-0.3, -0.25) is 0 Å². The molecule has 2 aliphatic rings. The predicted molar refractivity (Wildman–Crippen MR) is 62.2 cm³/mol. The largest absolute Gasteiger partial charge is 0.0711 e. The monoisotopic (exact) mass is 190 g/mol. The van der Waals surface area contributed by atoms with Gasteiger partial charge in [0.25, 0.3) is 0 Å². The molecule has 2 aliphatic carbocycles. The van der Waals surface area contributed by atoms with Gasteiger partial charge in [-0.25, -0.2) is 0 Å². The zero-order chi connectivity index (χ0) is 10.3. The van der Waals surface area contributed by atoms with Crippen LogP contribution in [0.3, 0.4) is 0 Å². The molecule has 1 fully saturated rings. The SMILES string of the molecule is CC1=C(C)C(C)(C)C=C1C1CCCC1. The Morgan fingerprint density at radius 3 is 2.14 bits per heavy atom. The number of rotatable bonds is 1. The first-order chi connectivity index (χ1) is 6.52. The molecule has 2 rings (SSSR count). The average Bonchev–Trinajstić information content (AvgIpc) is 2.69. The van der Waals surface area contributed by atoms with E-state index >= 15 is 0 Å². The average molecular weight is 190 g/mol. The Hall–Kier alpha value is -0.520. The minimum atomic E-state index is 0.321. The quantitative estimate of drug-likeness (QED) is 0.572. The highest BCUT2D eigenvalue weighted by Gasteiger charge is 2.31. The molecule has 0 unspecified atom stereocenters. The Bertz CT molecular complexity index is 296. The molecule has 0 heteroatoms. The Kier molecular flexibility index (Phi) is 2.33. The molecule has 0 amide bonds. The maximum Gasteiger partial charge on any atom is 0.00433 e. The van der Waals surface area contributed by atoms with Crippen LogP contribution in [0.15, 0.2) is 22.8 Å². The van der Waals surface area contributed by atoms with Crippen LogP contribution in [0, 0.1) is 11.3 Å². The molecule has 78 valence electrons. The third-order valence-electron chi connectivity index (χ3n) is 4.27. The summed E-state index contributed by atoms with van der Waals surface area (Å²) in [4.78, 5) is 0. The molecule has 1 saturated carbocycles. The summed E-state index contributed by atoms with van der Waals surface area (Å²) in [5, 5.41) is 0. The fourth-order valence-electron chi connectivity index (χ4n) is 2.97. The number of allylic oxidation sites excluding steroid dienone is 4. The van der Waals surface area contributed by atoms with Crippen molar-refractivity contribution < 1.29 is 0 Å². The molecule has 0 N–H and O–H groups in total. The first kappa shape index (κ1) is 10.0. The lowest BCUT2D eigenvalue weighted by molar-refractivity contribution is 0.581. The van der Waals surface area contributed by atoms with Crippen LogP contribution >= 0.6 is 0 Å². The second-order valence-corrected chi connectivity index (χ2v) is 5.55. The molecule has 0 aromatic carbocycles. The topological polar surface area (TPSA) is 0 Å². The van der Waals surface area contributed by atoms with E-state index in [2.05, 4.69) is 33.8 Å². The summed E-state index contributed by atoms with van der Waals surface area (Å²) >= 11 is 0. The third kappa shape index (κ3) is 1.45. The maximum atomic E-state index is 2.52. The van der Waals surface area contributed by atoms with Gasteiger partial charge in [-0.2, -0.15) is 0 Å². The van der Waals surface area contributed by atoms with Crippen LogP contribution in [-0.4, -0.2) is 0 Å². The van der Waals surface area contributed by atoms with Crippen molar-refractivity contribution in [1.29, 1.82) is 0 Å². The minimum absolute atomic E-state index is 0.321. The van der Waals surface area contributed by atoms with Crippen molar-refractivity contribution in [1.82, 2.24) is 0 Å². The lowest BCUT2D eigenvalue weighted by atomic mass is 9.88. The van der Waals surface area contributed by atoms with Crippen molar-refractivity contribution in [3.8, 4) is 0 Å². The van der Waals surface area contributed by atoms with Crippen molar-refractivity contribution in [2.75, 3.05) is 0 Å². The van der Waals surface area contributed by atoms with E-state index < -0.39 is 0 Å². The van der Waals surface area contributed by atoms with Gasteiger partial charge < -0.3 is 0 Å². The van der Waals surface area contributed by atoms with Crippen molar-refractivity contribution in [3.63, 3.8) is 0 Å². The third-order valence-corrected chi connectivity index (χ3v) is 4.27. The molecule has 14 heavy (non-hydrogen) atoms. The van der Waals surface area contributed by atoms with Gasteiger partial charge in [0.2, 0.25) is 0 Å². The fourth-order valence-corrected chi connectivity index (χ4v) is 2.97. The van der Waals surface area contributed by atoms with Gasteiger partial charge in [0.05, 0.1) is 0 Å². The predicted octanol–water partition coefficient (Wildman–Crippen LogP) is 4.48. The zero-order valence-electron chi connectivity index (χ0n) is 9.98. The van der Waals surface area contributed by atoms with Gasteiger partial charge in [-0.15, -0.1) is 0 Å². The Labute approximate surface area is 88.1 Å². The normalized spacial score (nSPS) is 27.3. The Balaban J connectivity index is 2.29. The molecule has 0 bridgehead atoms. The van der Waals surface area contributed by atoms with E-state index in [1.165, 1.54) is 25.7 Å². The molecule has 0 atom stereocenters. The van der Waals surface area contributed by atoms with Gasteiger partial charge in [0.1, 0.15) is 0 Å². The molecule has 0 saturated heterocycles. The van der Waals surface area contributed by atoms with Crippen LogP contribution in [0.5, 0.6) is 0 Å². The highest BCUT2D eigenvalue weighted by atomic mass is 14.4. The molecular formula is C14H22. The Morgan fingerprint density at radius 2 is 1.71 bits per heavy atom. The van der Waals surface area contributed by atoms with E-state index in [9.17, 15) is 0 Å². The van der Waals surface area contributed by atoms with E-state index in [1.807, 2.05) is 0 Å². The minimum Gasteiger partial charge on any atom is -0.0711 e. The van der Waals surface area contributed by atoms with Gasteiger partial charge in [-0.05, 0) is 43.8 Å². The van der Waals surface area contributed by atoms with Crippen LogP contribution in [0.4, 0.5) is 0 Å². The number of hydrogen-bond acceptors (Lipinski definition) is 0. The molecule has 0 radical (unpaired) electrons. The molecule has 0 heterocycles. The maximum absolute atomic E-state index is 2.52. The van der Waals surface area contributed by atoms with Crippen molar-refractivity contribution in [2.24, 2.45) is 11.3 Å². The summed E-state index contributed by atoms with van der Waals surface area (Å²) in [6.45, 7) is 9.30. The van der Waals surface area contributed by atoms with Crippen molar-refractivity contribution >= 4 is 0 Å². The molecular weight excluding hydrogens is 168 g/mol. The summed E-state index contributed by atoms with van der Waals surface area (Å²) in [7, 11) is 0. The van der Waals surface area contributed by atoms with Gasteiger partial charge in [0, 0.05) is 5.41 Å². The summed E-state index contributed by atoms with van der Waals surface area (Å²) in [5.41, 5.74) is 5.16. The lowest BCUT2D eigenvalue weighted by Crippen LogP contribution is -2.05. The van der Waals surface area contributed by atoms with E-state index in [1.54, 1.807) is 16.7 Å². The molecule has 0 aliphatic heterocycles. The Morgan fingerprint density at radius 1 is 1.14 bits per heavy atom. The fraction of sp³-hybridized carbons (Fsp3) is 0.714. The van der Waals surface area contributed by atoms with Crippen LogP contribution in [0.2, 0.25) is 0 Å². The second-order valence-electron chi connectivity index (χ2n) is 5.55. The van der Waals surface area contributed by atoms with E-state index in [0.29, 0.717) is 5.41 Å². The first-order valence-corrected chi connectivity index (χ1v) is 5.93. The molecule has 0 aromatic rings. The number of hydrogen-bond donors (Lipinski definition) is 0. The summed E-state index contributed by atoms with van der Waals surface area (Å²) in [5.74, 6) is 0.881. The van der Waals surface area contributed by atoms with E-state index in [4.69, 9.17) is 0 Å². The second kappa shape index (κ2) is 3.25. The van der Waals surface area contributed by atoms with E-state index in [-0.39, 0.29) is 0 Å². The standard InChI is InChI=1S/C14H22/c1-10-11(2)14(3,4)9-13(10)12-7-5-6-8-12/h9,12H,5-8H2,1-4H3. The van der Waals surface area contributed by atoms with Crippen LogP contribution in [0.25, 0.3) is 0 Å². The van der Waals surface area contributed by atoms with Crippen molar-refractivity contribution in [3.05, 3.63) is 22.8 Å². The molecule has 0 nitrogen and oxygen atoms in total. The van der Waals surface area contributed by atoms with Crippen molar-refractivity contribution in [2.45, 2.75) is 53.4 Å². The van der Waals surface area contributed by atoms with Crippen LogP contribution < -0.4 is 0 Å². The first-order valence-electron chi connectivity index (χ1n) is 5.93. The van der Waals surface area contributed by atoms with Gasteiger partial charge in [-0.1, -0.05) is 38.3 Å². The smallest absolute Gasteiger partial charge is 0.00433 e. The summed E-state index contributed by atoms with van der Waals surface area (Å²) in [6, 6.07) is 0. The summed E-state index contributed by atoms with van der Waals surface area (Å²) in [6.07, 6.45) is 8.25. The van der Waals surface area contributed by atoms with Gasteiger partial charge in [0.15, 0.2) is 0 Å². The summed E-state index contributed by atoms with van der Waals surface area (Å²) < 4.78 is 0. The highest BCUT2D eigenvalue weighted by molar-refractivity contribution is 5.46.